The quantitative estimate of drug-likeness (QED) is 0.249. The van der Waals surface area contributed by atoms with E-state index in [1.807, 2.05) is 13.1 Å². The summed E-state index contributed by atoms with van der Waals surface area (Å²) >= 11 is 0. The molecule has 1 aliphatic rings. The van der Waals surface area contributed by atoms with Gasteiger partial charge in [-0.3, -0.25) is 4.99 Å². The number of nitrogens with one attached hydrogen (secondary N) is 2. The van der Waals surface area contributed by atoms with Crippen molar-refractivity contribution in [1.82, 2.24) is 10.6 Å². The molecule has 5 nitrogen and oxygen atoms in total. The van der Waals surface area contributed by atoms with Crippen LogP contribution in [0.15, 0.2) is 35.3 Å². The van der Waals surface area contributed by atoms with Crippen LogP contribution in [0, 0.1) is 5.92 Å². The van der Waals surface area contributed by atoms with Crippen LogP contribution < -0.4 is 10.6 Å². The summed E-state index contributed by atoms with van der Waals surface area (Å²) in [5.41, 5.74) is 1.34. The Kier molecular flexibility index (Phi) is 12.7. The molecule has 148 valence electrons. The maximum atomic E-state index is 5.79. The minimum absolute atomic E-state index is 0. The summed E-state index contributed by atoms with van der Waals surface area (Å²) in [5.74, 6) is 1.98. The van der Waals surface area contributed by atoms with Gasteiger partial charge in [0.05, 0.1) is 0 Å². The number of rotatable bonds is 9. The van der Waals surface area contributed by atoms with Crippen LogP contribution in [0.3, 0.4) is 0 Å². The third-order valence-electron chi connectivity index (χ3n) is 4.62. The number of aliphatic imine (C=N–C) groups is 1. The largest absolute Gasteiger partial charge is 0.381 e. The van der Waals surface area contributed by atoms with Gasteiger partial charge in [0, 0.05) is 46.6 Å². The van der Waals surface area contributed by atoms with Crippen molar-refractivity contribution in [2.45, 2.75) is 32.1 Å². The molecule has 1 aromatic carbocycles. The number of nitrogens with zero attached hydrogens (tertiary/aromatic N) is 1. The van der Waals surface area contributed by atoms with Crippen molar-refractivity contribution in [3.05, 3.63) is 35.9 Å². The van der Waals surface area contributed by atoms with Crippen molar-refractivity contribution in [1.29, 1.82) is 0 Å². The first-order valence-corrected chi connectivity index (χ1v) is 9.44. The highest BCUT2D eigenvalue weighted by atomic mass is 127. The standard InChI is InChI=1S/C20H33N3O2.HI/c1-17(19-7-4-3-5-8-19)15-23-20(21-2)22-11-6-12-25-16-18-9-13-24-14-10-18;/h3-5,7-8,17-18H,6,9-16H2,1-2H3,(H2,21,22,23);1H. The maximum absolute atomic E-state index is 5.79. The molecule has 6 heteroatoms. The maximum Gasteiger partial charge on any atom is 0.190 e. The summed E-state index contributed by atoms with van der Waals surface area (Å²) in [6.07, 6.45) is 3.25. The Hall–Kier alpha value is -0.860. The molecule has 1 saturated heterocycles. The van der Waals surface area contributed by atoms with Crippen molar-refractivity contribution in [3.8, 4) is 0 Å². The van der Waals surface area contributed by atoms with Gasteiger partial charge in [-0.05, 0) is 36.7 Å². The Bertz CT molecular complexity index is 493. The smallest absolute Gasteiger partial charge is 0.190 e. The van der Waals surface area contributed by atoms with E-state index in [2.05, 4.69) is 46.8 Å². The SMILES string of the molecule is CN=C(NCCCOCC1CCOCC1)NCC(C)c1ccccc1.I. The molecule has 1 aliphatic heterocycles. The van der Waals surface area contributed by atoms with Gasteiger partial charge in [-0.15, -0.1) is 24.0 Å². The summed E-state index contributed by atoms with van der Waals surface area (Å²) < 4.78 is 11.2. The highest BCUT2D eigenvalue weighted by Gasteiger charge is 2.13. The summed E-state index contributed by atoms with van der Waals surface area (Å²) in [7, 11) is 1.81. The first kappa shape index (κ1) is 23.2. The van der Waals surface area contributed by atoms with Crippen molar-refractivity contribution in [2.24, 2.45) is 10.9 Å². The molecule has 1 fully saturated rings. The molecule has 0 aromatic heterocycles. The molecule has 0 saturated carbocycles. The second-order valence-corrected chi connectivity index (χ2v) is 6.68. The van der Waals surface area contributed by atoms with Crippen LogP contribution in [0.1, 0.15) is 37.7 Å². The number of halogens is 1. The lowest BCUT2D eigenvalue weighted by Gasteiger charge is -2.21. The Balaban J connectivity index is 0.00000338. The Morgan fingerprint density at radius 3 is 2.65 bits per heavy atom. The second-order valence-electron chi connectivity index (χ2n) is 6.68. The van der Waals surface area contributed by atoms with Gasteiger partial charge in [0.2, 0.25) is 0 Å². The van der Waals surface area contributed by atoms with Gasteiger partial charge < -0.3 is 20.1 Å². The van der Waals surface area contributed by atoms with Crippen LogP contribution in [0.2, 0.25) is 0 Å². The predicted octanol–water partition coefficient (Wildman–Crippen LogP) is 3.41. The van der Waals surface area contributed by atoms with Crippen molar-refractivity contribution >= 4 is 29.9 Å². The number of ether oxygens (including phenoxy) is 2. The third-order valence-corrected chi connectivity index (χ3v) is 4.62. The highest BCUT2D eigenvalue weighted by molar-refractivity contribution is 14.0. The number of guanidine groups is 1. The second kappa shape index (κ2) is 14.2. The number of benzene rings is 1. The Morgan fingerprint density at radius 1 is 1.23 bits per heavy atom. The highest BCUT2D eigenvalue weighted by Crippen LogP contribution is 2.14. The fourth-order valence-corrected chi connectivity index (χ4v) is 2.91. The van der Waals surface area contributed by atoms with E-state index < -0.39 is 0 Å². The normalized spacial score (nSPS) is 16.6. The van der Waals surface area contributed by atoms with E-state index in [0.717, 1.165) is 64.7 Å². The van der Waals surface area contributed by atoms with Gasteiger partial charge in [0.1, 0.15) is 0 Å². The van der Waals surface area contributed by atoms with Gasteiger partial charge in [-0.25, -0.2) is 0 Å². The van der Waals surface area contributed by atoms with Crippen LogP contribution in [-0.2, 0) is 9.47 Å². The molecule has 0 aliphatic carbocycles. The van der Waals surface area contributed by atoms with E-state index in [1.165, 1.54) is 5.56 Å². The summed E-state index contributed by atoms with van der Waals surface area (Å²) in [6, 6.07) is 10.5. The minimum Gasteiger partial charge on any atom is -0.381 e. The molecule has 0 amide bonds. The summed E-state index contributed by atoms with van der Waals surface area (Å²) in [4.78, 5) is 4.28. The van der Waals surface area contributed by atoms with E-state index in [0.29, 0.717) is 11.8 Å². The molecule has 2 N–H and O–H groups in total. The van der Waals surface area contributed by atoms with Crippen LogP contribution >= 0.6 is 24.0 Å². The zero-order chi connectivity index (χ0) is 17.7. The topological polar surface area (TPSA) is 54.9 Å². The van der Waals surface area contributed by atoms with Crippen LogP contribution in [0.4, 0.5) is 0 Å². The fourth-order valence-electron chi connectivity index (χ4n) is 2.91. The monoisotopic (exact) mass is 475 g/mol. The molecule has 0 bridgehead atoms. The van der Waals surface area contributed by atoms with Crippen LogP contribution in [0.25, 0.3) is 0 Å². The summed E-state index contributed by atoms with van der Waals surface area (Å²) in [6.45, 7) is 7.39. The fraction of sp³-hybridized carbons (Fsp3) is 0.650. The molecular weight excluding hydrogens is 441 g/mol. The van der Waals surface area contributed by atoms with E-state index >= 15 is 0 Å². The first-order chi connectivity index (χ1) is 12.3. The zero-order valence-electron chi connectivity index (χ0n) is 16.1. The van der Waals surface area contributed by atoms with Crippen LogP contribution in [-0.4, -0.2) is 52.5 Å². The lowest BCUT2D eigenvalue weighted by Crippen LogP contribution is -2.39. The van der Waals surface area contributed by atoms with E-state index in [4.69, 9.17) is 9.47 Å². The number of hydrogen-bond acceptors (Lipinski definition) is 3. The van der Waals surface area contributed by atoms with Gasteiger partial charge in [-0.2, -0.15) is 0 Å². The van der Waals surface area contributed by atoms with Gasteiger partial charge in [0.25, 0.3) is 0 Å². The lowest BCUT2D eigenvalue weighted by molar-refractivity contribution is 0.0203. The molecule has 1 heterocycles. The van der Waals surface area contributed by atoms with Crippen molar-refractivity contribution in [2.75, 3.05) is 46.6 Å². The van der Waals surface area contributed by atoms with Crippen molar-refractivity contribution in [3.63, 3.8) is 0 Å². The van der Waals surface area contributed by atoms with Gasteiger partial charge in [0.15, 0.2) is 5.96 Å². The number of hydrogen-bond donors (Lipinski definition) is 2. The Labute approximate surface area is 175 Å². The average molecular weight is 475 g/mol. The summed E-state index contributed by atoms with van der Waals surface area (Å²) in [5, 5.41) is 6.75. The Morgan fingerprint density at radius 2 is 1.96 bits per heavy atom. The average Bonchev–Trinajstić information content (AvgIpc) is 2.68. The molecule has 26 heavy (non-hydrogen) atoms. The molecule has 1 unspecified atom stereocenters. The third kappa shape index (κ3) is 9.19. The zero-order valence-corrected chi connectivity index (χ0v) is 18.4. The van der Waals surface area contributed by atoms with E-state index in [9.17, 15) is 0 Å². The molecule has 1 atom stereocenters. The van der Waals surface area contributed by atoms with Gasteiger partial charge in [-0.1, -0.05) is 37.3 Å². The molecule has 2 rings (SSSR count). The molecule has 0 radical (unpaired) electrons. The lowest BCUT2D eigenvalue weighted by atomic mass is 10.0. The predicted molar refractivity (Wildman–Crippen MR) is 119 cm³/mol. The van der Waals surface area contributed by atoms with Gasteiger partial charge >= 0.3 is 0 Å². The molecule has 1 aromatic rings. The van der Waals surface area contributed by atoms with E-state index in [1.54, 1.807) is 0 Å². The minimum atomic E-state index is 0. The van der Waals surface area contributed by atoms with Crippen LogP contribution in [0.5, 0.6) is 0 Å². The van der Waals surface area contributed by atoms with E-state index in [-0.39, 0.29) is 24.0 Å². The molecular formula is C20H34IN3O2. The first-order valence-electron chi connectivity index (χ1n) is 9.44. The molecule has 0 spiro atoms. The van der Waals surface area contributed by atoms with Crippen molar-refractivity contribution < 1.29 is 9.47 Å².